The molecule has 3 aromatic rings. The molecule has 7 nitrogen and oxygen atoms in total. The number of para-hydroxylation sites is 1. The summed E-state index contributed by atoms with van der Waals surface area (Å²) in [6.45, 7) is 2.16. The van der Waals surface area contributed by atoms with Crippen LogP contribution in [0.25, 0.3) is 0 Å². The van der Waals surface area contributed by atoms with Crippen molar-refractivity contribution in [2.24, 2.45) is 5.10 Å². The molecule has 1 aliphatic rings. The van der Waals surface area contributed by atoms with Gasteiger partial charge in [-0.1, -0.05) is 30.3 Å². The van der Waals surface area contributed by atoms with Crippen LogP contribution in [0.3, 0.4) is 0 Å². The third-order valence-electron chi connectivity index (χ3n) is 5.17. The molecular weight excluding hydrogens is 444 g/mol. The first kappa shape index (κ1) is 22.0. The Morgan fingerprint density at radius 3 is 2.44 bits per heavy atom. The summed E-state index contributed by atoms with van der Waals surface area (Å²) in [5.41, 5.74) is 4.91. The minimum Gasteiger partial charge on any atom is -0.372 e. The number of nitrogens with one attached hydrogen (secondary N) is 2. The Kier molecular flexibility index (Phi) is 6.87. The monoisotopic (exact) mass is 468 g/mol. The maximum Gasteiger partial charge on any atom is 0.273 e. The molecule has 32 heavy (non-hydrogen) atoms. The SMILES string of the molecule is O=C(N/N=C/c1ccc(N2CCCCC2)cc1)c1ccccc1NS(=O)(=O)c1cccs1. The molecule has 1 amide bonds. The molecule has 0 bridgehead atoms. The van der Waals surface area contributed by atoms with Crippen molar-refractivity contribution in [1.82, 2.24) is 5.43 Å². The van der Waals surface area contributed by atoms with Gasteiger partial charge >= 0.3 is 0 Å². The Hall–Kier alpha value is -3.17. The lowest BCUT2D eigenvalue weighted by atomic mass is 10.1. The molecule has 1 fully saturated rings. The van der Waals surface area contributed by atoms with Gasteiger partial charge < -0.3 is 4.90 Å². The van der Waals surface area contributed by atoms with E-state index in [-0.39, 0.29) is 15.5 Å². The predicted octanol–water partition coefficient (Wildman–Crippen LogP) is 4.30. The van der Waals surface area contributed by atoms with Crippen LogP contribution < -0.4 is 15.0 Å². The molecule has 1 saturated heterocycles. The van der Waals surface area contributed by atoms with E-state index in [1.165, 1.54) is 31.0 Å². The highest BCUT2D eigenvalue weighted by Crippen LogP contribution is 2.23. The first-order valence-corrected chi connectivity index (χ1v) is 12.7. The number of carbonyl (C=O) groups is 1. The van der Waals surface area contributed by atoms with E-state index in [1.54, 1.807) is 41.9 Å². The normalized spacial score (nSPS) is 14.4. The number of hydrogen-bond donors (Lipinski definition) is 2. The summed E-state index contributed by atoms with van der Waals surface area (Å²) in [5.74, 6) is -0.504. The van der Waals surface area contributed by atoms with Crippen LogP contribution in [0, 0.1) is 0 Å². The molecule has 4 rings (SSSR count). The highest BCUT2D eigenvalue weighted by molar-refractivity contribution is 7.94. The quantitative estimate of drug-likeness (QED) is 0.399. The van der Waals surface area contributed by atoms with Gasteiger partial charge in [-0.05, 0) is 60.5 Å². The molecule has 1 aliphatic heterocycles. The minimum atomic E-state index is -3.76. The van der Waals surface area contributed by atoms with Crippen LogP contribution in [-0.2, 0) is 10.0 Å². The van der Waals surface area contributed by atoms with Gasteiger partial charge in [0.25, 0.3) is 15.9 Å². The standard InChI is InChI=1S/C23H24N4O3S2/c28-23(20-7-2-3-8-21(20)26-32(29,30)22-9-6-16-31-22)25-24-17-18-10-12-19(13-11-18)27-14-4-1-5-15-27/h2-3,6-13,16-17,26H,1,4-5,14-15H2,(H,25,28)/b24-17+. The maximum atomic E-state index is 12.6. The smallest absolute Gasteiger partial charge is 0.273 e. The molecule has 0 saturated carbocycles. The molecule has 0 unspecified atom stereocenters. The number of carbonyl (C=O) groups excluding carboxylic acids is 1. The summed E-state index contributed by atoms with van der Waals surface area (Å²) >= 11 is 1.11. The molecule has 2 N–H and O–H groups in total. The molecule has 166 valence electrons. The lowest BCUT2D eigenvalue weighted by Crippen LogP contribution is -2.29. The first-order valence-electron chi connectivity index (χ1n) is 10.4. The van der Waals surface area contributed by atoms with Gasteiger partial charge in [0.05, 0.1) is 17.5 Å². The Labute approximate surface area is 191 Å². The maximum absolute atomic E-state index is 12.6. The van der Waals surface area contributed by atoms with Crippen LogP contribution in [-0.4, -0.2) is 33.6 Å². The van der Waals surface area contributed by atoms with Gasteiger partial charge in [-0.15, -0.1) is 11.3 Å². The summed E-state index contributed by atoms with van der Waals surface area (Å²) in [7, 11) is -3.76. The fourth-order valence-electron chi connectivity index (χ4n) is 3.53. The molecule has 1 aromatic heterocycles. The average molecular weight is 469 g/mol. The third kappa shape index (κ3) is 5.35. The van der Waals surface area contributed by atoms with Gasteiger partial charge in [-0.3, -0.25) is 9.52 Å². The minimum absolute atomic E-state index is 0.179. The summed E-state index contributed by atoms with van der Waals surface area (Å²) in [4.78, 5) is 15.0. The Bertz CT molecular complexity index is 1180. The molecule has 0 spiro atoms. The summed E-state index contributed by atoms with van der Waals surface area (Å²) in [6.07, 6.45) is 5.30. The predicted molar refractivity (Wildman–Crippen MR) is 129 cm³/mol. The van der Waals surface area contributed by atoms with Gasteiger partial charge in [0.2, 0.25) is 0 Å². The number of nitrogens with zero attached hydrogens (tertiary/aromatic N) is 2. The number of hydrazone groups is 1. The second-order valence-electron chi connectivity index (χ2n) is 7.42. The summed E-state index contributed by atoms with van der Waals surface area (Å²) in [6, 6.07) is 17.6. The van der Waals surface area contributed by atoms with Crippen molar-refractivity contribution in [3.63, 3.8) is 0 Å². The molecule has 9 heteroatoms. The van der Waals surface area contributed by atoms with Crippen molar-refractivity contribution >= 4 is 44.9 Å². The van der Waals surface area contributed by atoms with Crippen molar-refractivity contribution in [3.05, 3.63) is 77.2 Å². The van der Waals surface area contributed by atoms with Crippen molar-refractivity contribution in [2.45, 2.75) is 23.5 Å². The molecule has 2 aromatic carbocycles. The van der Waals surface area contributed by atoms with Crippen LogP contribution in [0.5, 0.6) is 0 Å². The van der Waals surface area contributed by atoms with Gasteiger partial charge in [-0.25, -0.2) is 13.8 Å². The van der Waals surface area contributed by atoms with Crippen molar-refractivity contribution in [3.8, 4) is 0 Å². The summed E-state index contributed by atoms with van der Waals surface area (Å²) in [5, 5.41) is 5.72. The van der Waals surface area contributed by atoms with Crippen LogP contribution in [0.1, 0.15) is 35.2 Å². The number of sulfonamides is 1. The van der Waals surface area contributed by atoms with Crippen molar-refractivity contribution in [1.29, 1.82) is 0 Å². The number of piperidine rings is 1. The van der Waals surface area contributed by atoms with Crippen LogP contribution in [0.4, 0.5) is 11.4 Å². The molecule has 0 radical (unpaired) electrons. The van der Waals surface area contributed by atoms with Crippen LogP contribution in [0.15, 0.2) is 75.4 Å². The largest absolute Gasteiger partial charge is 0.372 e. The fraction of sp³-hybridized carbons (Fsp3) is 0.217. The Morgan fingerprint density at radius 2 is 1.72 bits per heavy atom. The van der Waals surface area contributed by atoms with Gasteiger partial charge in [0, 0.05) is 18.8 Å². The van der Waals surface area contributed by atoms with Gasteiger partial charge in [0.1, 0.15) is 4.21 Å². The lowest BCUT2D eigenvalue weighted by Gasteiger charge is -2.28. The van der Waals surface area contributed by atoms with E-state index in [0.717, 1.165) is 30.0 Å². The Balaban J connectivity index is 1.40. The van der Waals surface area contributed by atoms with E-state index in [0.29, 0.717) is 0 Å². The van der Waals surface area contributed by atoms with Gasteiger partial charge in [-0.2, -0.15) is 5.10 Å². The van der Waals surface area contributed by atoms with E-state index >= 15 is 0 Å². The van der Waals surface area contributed by atoms with Crippen molar-refractivity contribution in [2.75, 3.05) is 22.7 Å². The van der Waals surface area contributed by atoms with E-state index in [9.17, 15) is 13.2 Å². The Morgan fingerprint density at radius 1 is 0.969 bits per heavy atom. The number of rotatable bonds is 7. The molecule has 2 heterocycles. The first-order chi connectivity index (χ1) is 15.5. The van der Waals surface area contributed by atoms with E-state index in [1.807, 2.05) is 12.1 Å². The second kappa shape index (κ2) is 9.97. The van der Waals surface area contributed by atoms with E-state index < -0.39 is 15.9 Å². The van der Waals surface area contributed by atoms with Crippen LogP contribution >= 0.6 is 11.3 Å². The number of anilines is 2. The number of thiophene rings is 1. The lowest BCUT2D eigenvalue weighted by molar-refractivity contribution is 0.0956. The average Bonchev–Trinajstić information content (AvgIpc) is 3.36. The van der Waals surface area contributed by atoms with Crippen LogP contribution in [0.2, 0.25) is 0 Å². The van der Waals surface area contributed by atoms with E-state index in [4.69, 9.17) is 0 Å². The highest BCUT2D eigenvalue weighted by Gasteiger charge is 2.19. The van der Waals surface area contributed by atoms with E-state index in [2.05, 4.69) is 32.3 Å². The summed E-state index contributed by atoms with van der Waals surface area (Å²) < 4.78 is 27.7. The zero-order chi connectivity index (χ0) is 22.4. The fourth-order valence-corrected chi connectivity index (χ4v) is 5.60. The zero-order valence-electron chi connectivity index (χ0n) is 17.4. The van der Waals surface area contributed by atoms with Gasteiger partial charge in [0.15, 0.2) is 0 Å². The molecular formula is C23H24N4O3S2. The highest BCUT2D eigenvalue weighted by atomic mass is 32.2. The number of hydrogen-bond acceptors (Lipinski definition) is 6. The third-order valence-corrected chi connectivity index (χ3v) is 7.93. The van der Waals surface area contributed by atoms with Crippen molar-refractivity contribution < 1.29 is 13.2 Å². The number of benzene rings is 2. The molecule has 0 aliphatic carbocycles. The molecule has 0 atom stereocenters. The number of amides is 1. The topological polar surface area (TPSA) is 90.9 Å². The zero-order valence-corrected chi connectivity index (χ0v) is 19.0. The second-order valence-corrected chi connectivity index (χ2v) is 10.3.